The molecular weight excluding hydrogens is 520 g/mol. The second-order valence-electron chi connectivity index (χ2n) is 10.2. The first kappa shape index (κ1) is 34.7. The zero-order chi connectivity index (χ0) is 28.2. The summed E-state index contributed by atoms with van der Waals surface area (Å²) >= 11 is 5.95. The van der Waals surface area contributed by atoms with Gasteiger partial charge < -0.3 is 9.64 Å². The Labute approximate surface area is 238 Å². The summed E-state index contributed by atoms with van der Waals surface area (Å²) in [4.78, 5) is 15.3. The maximum atomic E-state index is 13.6. The van der Waals surface area contributed by atoms with Gasteiger partial charge in [-0.25, -0.2) is 13.2 Å². The molecule has 38 heavy (non-hydrogen) atoms. The zero-order valence-electron chi connectivity index (χ0n) is 24.4. The summed E-state index contributed by atoms with van der Waals surface area (Å²) in [5.41, 5.74) is 0. The number of carbonyl (C=O) groups excluding carboxylic acids is 1. The summed E-state index contributed by atoms with van der Waals surface area (Å²) in [5.74, 6) is 0. The third-order valence-electron chi connectivity index (χ3n) is 6.99. The van der Waals surface area contributed by atoms with Crippen LogP contribution in [0.3, 0.4) is 0 Å². The number of carbonyl (C=O) groups is 1. The molecule has 0 aromatic heterocycles. The number of hydrogen-bond acceptors (Lipinski definition) is 4. The normalized spacial score (nSPS) is 12.4. The van der Waals surface area contributed by atoms with Crippen LogP contribution >= 0.6 is 11.6 Å². The van der Waals surface area contributed by atoms with E-state index < -0.39 is 22.3 Å². The number of sulfonamides is 1. The SMILES string of the molecule is CCCCCCCCCCCCCCCCN(CCC)C(=O)N(C(CC)OC)S(=O)(=O)c1ccc(Cl)cc1. The number of urea groups is 1. The fourth-order valence-electron chi connectivity index (χ4n) is 4.74. The number of hydrogen-bond donors (Lipinski definition) is 0. The number of halogens is 1. The lowest BCUT2D eigenvalue weighted by molar-refractivity contribution is 0.0210. The van der Waals surface area contributed by atoms with Crippen LogP contribution in [-0.4, -0.2) is 50.1 Å². The van der Waals surface area contributed by atoms with Crippen LogP contribution in [0.4, 0.5) is 4.79 Å². The van der Waals surface area contributed by atoms with Crippen molar-refractivity contribution in [1.82, 2.24) is 9.21 Å². The first-order valence-electron chi connectivity index (χ1n) is 14.9. The van der Waals surface area contributed by atoms with Crippen molar-refractivity contribution in [2.45, 2.75) is 135 Å². The fourth-order valence-corrected chi connectivity index (χ4v) is 6.44. The maximum Gasteiger partial charge on any atom is 0.336 e. The van der Waals surface area contributed by atoms with E-state index in [9.17, 15) is 13.2 Å². The van der Waals surface area contributed by atoms with Gasteiger partial charge in [0.05, 0.1) is 4.90 Å². The Balaban J connectivity index is 2.55. The average Bonchev–Trinajstić information content (AvgIpc) is 2.91. The molecule has 0 spiro atoms. The van der Waals surface area contributed by atoms with Gasteiger partial charge in [0.15, 0.2) is 0 Å². The van der Waals surface area contributed by atoms with Crippen molar-refractivity contribution in [1.29, 1.82) is 0 Å². The van der Waals surface area contributed by atoms with Crippen LogP contribution in [0.15, 0.2) is 29.2 Å². The summed E-state index contributed by atoms with van der Waals surface area (Å²) in [5, 5.41) is 0.436. The molecule has 8 heteroatoms. The largest absolute Gasteiger partial charge is 0.360 e. The van der Waals surface area contributed by atoms with E-state index in [-0.39, 0.29) is 4.90 Å². The van der Waals surface area contributed by atoms with Crippen molar-refractivity contribution >= 4 is 27.7 Å². The van der Waals surface area contributed by atoms with Crippen molar-refractivity contribution in [3.63, 3.8) is 0 Å². The minimum atomic E-state index is -4.10. The highest BCUT2D eigenvalue weighted by Crippen LogP contribution is 2.24. The molecule has 0 N–H and O–H groups in total. The standard InChI is InChI=1S/C30H53ClN2O4S/c1-5-8-9-10-11-12-13-14-15-16-17-18-19-20-26-32(25-6-2)30(34)33(29(7-3)37-4)38(35,36)28-23-21-27(31)22-24-28/h21-24,29H,5-20,25-26H2,1-4H3. The van der Waals surface area contributed by atoms with Gasteiger partial charge in [0.25, 0.3) is 10.0 Å². The Kier molecular flexibility index (Phi) is 18.8. The third-order valence-corrected chi connectivity index (χ3v) is 9.02. The van der Waals surface area contributed by atoms with Gasteiger partial charge in [-0.15, -0.1) is 0 Å². The molecule has 1 rings (SSSR count). The van der Waals surface area contributed by atoms with Crippen LogP contribution in [0.2, 0.25) is 5.02 Å². The second-order valence-corrected chi connectivity index (χ2v) is 12.5. The Hall–Kier alpha value is -1.31. The summed E-state index contributed by atoms with van der Waals surface area (Å²) in [7, 11) is -2.67. The molecular formula is C30H53ClN2O4S. The van der Waals surface area contributed by atoms with Gasteiger partial charge in [-0.1, -0.05) is 116 Å². The van der Waals surface area contributed by atoms with E-state index in [0.717, 1.165) is 30.0 Å². The molecule has 1 atom stereocenters. The Morgan fingerprint density at radius 1 is 0.763 bits per heavy atom. The molecule has 220 valence electrons. The number of nitrogens with zero attached hydrogens (tertiary/aromatic N) is 2. The van der Waals surface area contributed by atoms with Crippen LogP contribution < -0.4 is 0 Å². The average molecular weight is 573 g/mol. The lowest BCUT2D eigenvalue weighted by Crippen LogP contribution is -2.52. The van der Waals surface area contributed by atoms with E-state index in [2.05, 4.69) is 6.92 Å². The number of methoxy groups -OCH3 is 1. The maximum absolute atomic E-state index is 13.6. The van der Waals surface area contributed by atoms with Gasteiger partial charge in [-0.05, 0) is 43.5 Å². The Bertz CT molecular complexity index is 844. The smallest absolute Gasteiger partial charge is 0.336 e. The number of benzene rings is 1. The molecule has 1 unspecified atom stereocenters. The summed E-state index contributed by atoms with van der Waals surface area (Å²) in [6.45, 7) is 7.11. The number of rotatable bonds is 22. The number of amides is 2. The summed E-state index contributed by atoms with van der Waals surface area (Å²) < 4.78 is 33.4. The minimum absolute atomic E-state index is 0.0266. The highest BCUT2D eigenvalue weighted by atomic mass is 35.5. The molecule has 0 aliphatic heterocycles. The van der Waals surface area contributed by atoms with Crippen LogP contribution in [-0.2, 0) is 14.8 Å². The molecule has 0 fully saturated rings. The summed E-state index contributed by atoms with van der Waals surface area (Å²) in [6, 6.07) is 5.37. The van der Waals surface area contributed by atoms with Crippen molar-refractivity contribution in [3.05, 3.63) is 29.3 Å². The molecule has 0 bridgehead atoms. The van der Waals surface area contributed by atoms with Gasteiger partial charge in [0, 0.05) is 25.2 Å². The Morgan fingerprint density at radius 2 is 1.24 bits per heavy atom. The van der Waals surface area contributed by atoms with Crippen LogP contribution in [0.1, 0.15) is 124 Å². The lowest BCUT2D eigenvalue weighted by Gasteiger charge is -2.34. The molecule has 0 saturated carbocycles. The molecule has 2 amide bonds. The van der Waals surface area contributed by atoms with Crippen molar-refractivity contribution in [2.24, 2.45) is 0 Å². The third kappa shape index (κ3) is 12.7. The molecule has 6 nitrogen and oxygen atoms in total. The van der Waals surface area contributed by atoms with Gasteiger partial charge in [-0.3, -0.25) is 0 Å². The highest BCUT2D eigenvalue weighted by molar-refractivity contribution is 7.89. The quantitative estimate of drug-likeness (QED) is 0.103. The van der Waals surface area contributed by atoms with E-state index in [4.69, 9.17) is 16.3 Å². The molecule has 1 aromatic rings. The van der Waals surface area contributed by atoms with Crippen molar-refractivity contribution < 1.29 is 17.9 Å². The van der Waals surface area contributed by atoms with Crippen LogP contribution in [0.25, 0.3) is 0 Å². The predicted octanol–water partition coefficient (Wildman–Crippen LogP) is 9.03. The van der Waals surface area contributed by atoms with E-state index in [1.807, 2.05) is 13.8 Å². The van der Waals surface area contributed by atoms with Crippen LogP contribution in [0.5, 0.6) is 0 Å². The first-order valence-corrected chi connectivity index (χ1v) is 16.8. The van der Waals surface area contributed by atoms with E-state index >= 15 is 0 Å². The molecule has 1 aromatic carbocycles. The van der Waals surface area contributed by atoms with Gasteiger partial charge in [0.2, 0.25) is 0 Å². The molecule has 0 aliphatic rings. The Morgan fingerprint density at radius 3 is 1.66 bits per heavy atom. The molecule has 0 radical (unpaired) electrons. The van der Waals surface area contributed by atoms with Crippen molar-refractivity contribution in [3.8, 4) is 0 Å². The van der Waals surface area contributed by atoms with E-state index in [1.165, 1.54) is 102 Å². The van der Waals surface area contributed by atoms with Gasteiger partial charge >= 0.3 is 6.03 Å². The number of unbranched alkanes of at least 4 members (excludes halogenated alkanes) is 13. The highest BCUT2D eigenvalue weighted by Gasteiger charge is 2.37. The van der Waals surface area contributed by atoms with Gasteiger partial charge in [0.1, 0.15) is 6.23 Å². The minimum Gasteiger partial charge on any atom is -0.360 e. The molecule has 0 aliphatic carbocycles. The molecule has 0 heterocycles. The second kappa shape index (κ2) is 20.6. The number of ether oxygens (including phenoxy) is 1. The topological polar surface area (TPSA) is 66.9 Å². The first-order chi connectivity index (χ1) is 18.3. The van der Waals surface area contributed by atoms with Gasteiger partial charge in [-0.2, -0.15) is 4.31 Å². The lowest BCUT2D eigenvalue weighted by atomic mass is 10.0. The zero-order valence-corrected chi connectivity index (χ0v) is 26.0. The fraction of sp³-hybridized carbons (Fsp3) is 0.767. The summed E-state index contributed by atoms with van der Waals surface area (Å²) in [6.07, 6.45) is 18.0. The van der Waals surface area contributed by atoms with Crippen LogP contribution in [0, 0.1) is 0 Å². The molecule has 0 saturated heterocycles. The van der Waals surface area contributed by atoms with Crippen molar-refractivity contribution in [2.75, 3.05) is 20.2 Å². The monoisotopic (exact) mass is 572 g/mol. The predicted molar refractivity (Wildman–Crippen MR) is 159 cm³/mol. The van der Waals surface area contributed by atoms with E-state index in [0.29, 0.717) is 24.5 Å². The van der Waals surface area contributed by atoms with E-state index in [1.54, 1.807) is 4.90 Å².